The highest BCUT2D eigenvalue weighted by Crippen LogP contribution is 2.30. The molecule has 218 valence electrons. The number of carbonyl (C=O) groups is 2. The van der Waals surface area contributed by atoms with Gasteiger partial charge in [-0.2, -0.15) is 9.78 Å². The van der Waals surface area contributed by atoms with Gasteiger partial charge in [0.1, 0.15) is 16.2 Å². The Morgan fingerprint density at radius 2 is 1.86 bits per heavy atom. The van der Waals surface area contributed by atoms with E-state index in [4.69, 9.17) is 23.2 Å². The first-order chi connectivity index (χ1) is 20.0. The first-order valence-electron chi connectivity index (χ1n) is 12.2. The summed E-state index contributed by atoms with van der Waals surface area (Å²) in [5.74, 6) is -0.736. The molecule has 4 aromatic rings. The van der Waals surface area contributed by atoms with Gasteiger partial charge in [-0.1, -0.05) is 35.3 Å². The fourth-order valence-corrected chi connectivity index (χ4v) is 4.86. The number of nitrogens with zero attached hydrogens (tertiary/aromatic N) is 6. The molecule has 0 radical (unpaired) electrons. The number of tetrazole rings is 1. The summed E-state index contributed by atoms with van der Waals surface area (Å²) in [4.78, 5) is 24.5. The number of anilines is 1. The van der Waals surface area contributed by atoms with Gasteiger partial charge in [0.05, 0.1) is 30.3 Å². The van der Waals surface area contributed by atoms with Crippen LogP contribution >= 0.6 is 23.2 Å². The molecule has 2 amide bonds. The minimum absolute atomic E-state index is 0.0309. The molecular formula is C26H24Cl2N8O5S. The zero-order valence-corrected chi connectivity index (χ0v) is 24.6. The number of ether oxygens (including phenoxy) is 1. The van der Waals surface area contributed by atoms with Crippen LogP contribution in [0.1, 0.15) is 23.7 Å². The van der Waals surface area contributed by atoms with Crippen LogP contribution in [0.4, 0.5) is 10.5 Å². The highest BCUT2D eigenvalue weighted by atomic mass is 35.5. The SMILES string of the molecule is COC(=O)Nc1ccc(-c2cc(C(CCS(C)(=O)=O)NC(=O)C=Cc3cc(Cl)ccc3-n3cnnn3)nnc2Cl)cc1. The summed E-state index contributed by atoms with van der Waals surface area (Å²) in [6, 6.07) is 12.5. The number of hydrogen-bond donors (Lipinski definition) is 2. The van der Waals surface area contributed by atoms with Crippen molar-refractivity contribution in [1.29, 1.82) is 0 Å². The molecule has 0 fully saturated rings. The lowest BCUT2D eigenvalue weighted by atomic mass is 10.0. The van der Waals surface area contributed by atoms with Gasteiger partial charge in [-0.15, -0.1) is 10.2 Å². The summed E-state index contributed by atoms with van der Waals surface area (Å²) in [6.45, 7) is 0. The van der Waals surface area contributed by atoms with Crippen LogP contribution in [-0.2, 0) is 19.4 Å². The Morgan fingerprint density at radius 1 is 1.10 bits per heavy atom. The number of sulfone groups is 1. The fraction of sp³-hybridized carbons (Fsp3) is 0.192. The van der Waals surface area contributed by atoms with Gasteiger partial charge < -0.3 is 10.1 Å². The monoisotopic (exact) mass is 630 g/mol. The smallest absolute Gasteiger partial charge is 0.411 e. The summed E-state index contributed by atoms with van der Waals surface area (Å²) in [5, 5.41) is 25.2. The number of amides is 2. The zero-order chi connectivity index (χ0) is 30.3. The van der Waals surface area contributed by atoms with E-state index in [1.165, 1.54) is 30.3 Å². The molecule has 0 bridgehead atoms. The van der Waals surface area contributed by atoms with Crippen molar-refractivity contribution in [2.24, 2.45) is 0 Å². The number of hydrogen-bond acceptors (Lipinski definition) is 10. The predicted octanol–water partition coefficient (Wildman–Crippen LogP) is 3.91. The van der Waals surface area contributed by atoms with Crippen LogP contribution in [0.2, 0.25) is 10.2 Å². The number of aromatic nitrogens is 6. The van der Waals surface area contributed by atoms with Gasteiger partial charge in [0.2, 0.25) is 5.91 Å². The van der Waals surface area contributed by atoms with Gasteiger partial charge in [-0.25, -0.2) is 13.2 Å². The van der Waals surface area contributed by atoms with Crippen LogP contribution in [-0.4, -0.2) is 69.9 Å². The van der Waals surface area contributed by atoms with Crippen molar-refractivity contribution < 1.29 is 22.7 Å². The van der Waals surface area contributed by atoms with Crippen LogP contribution in [0.15, 0.2) is 60.9 Å². The predicted molar refractivity (Wildman–Crippen MR) is 157 cm³/mol. The maximum absolute atomic E-state index is 13.0. The quantitative estimate of drug-likeness (QED) is 0.245. The Labute approximate surface area is 250 Å². The Morgan fingerprint density at radius 3 is 2.52 bits per heavy atom. The molecule has 0 aliphatic carbocycles. The molecule has 2 aromatic heterocycles. The molecule has 4 rings (SSSR count). The number of benzene rings is 2. The van der Waals surface area contributed by atoms with Crippen LogP contribution in [0.25, 0.3) is 22.9 Å². The first-order valence-corrected chi connectivity index (χ1v) is 15.0. The second-order valence-corrected chi connectivity index (χ2v) is 12.0. The number of methoxy groups -OCH3 is 1. The number of carbonyl (C=O) groups excluding carboxylic acids is 2. The molecule has 1 atom stereocenters. The Kier molecular flexibility index (Phi) is 9.83. The Balaban J connectivity index is 1.60. The molecule has 0 aliphatic heterocycles. The summed E-state index contributed by atoms with van der Waals surface area (Å²) < 4.78 is 29.9. The van der Waals surface area contributed by atoms with Crippen LogP contribution in [0.5, 0.6) is 0 Å². The lowest BCUT2D eigenvalue weighted by molar-refractivity contribution is -0.117. The summed E-state index contributed by atoms with van der Waals surface area (Å²) in [5.41, 5.74) is 3.09. The minimum Gasteiger partial charge on any atom is -0.453 e. The van der Waals surface area contributed by atoms with Crippen molar-refractivity contribution in [3.63, 3.8) is 0 Å². The third kappa shape index (κ3) is 8.31. The number of nitrogens with one attached hydrogen (secondary N) is 2. The second kappa shape index (κ2) is 13.5. The highest BCUT2D eigenvalue weighted by Gasteiger charge is 2.20. The molecule has 1 unspecified atom stereocenters. The van der Waals surface area contributed by atoms with Crippen molar-refractivity contribution in [3.05, 3.63) is 82.4 Å². The Bertz CT molecular complexity index is 1720. The van der Waals surface area contributed by atoms with E-state index in [0.717, 1.165) is 6.26 Å². The van der Waals surface area contributed by atoms with Gasteiger partial charge in [-0.05, 0) is 64.9 Å². The van der Waals surface area contributed by atoms with Gasteiger partial charge in [0.25, 0.3) is 0 Å². The molecule has 2 heterocycles. The topological polar surface area (TPSA) is 171 Å². The molecule has 0 saturated carbocycles. The lowest BCUT2D eigenvalue weighted by Gasteiger charge is -2.18. The van der Waals surface area contributed by atoms with Crippen molar-refractivity contribution in [1.82, 2.24) is 35.7 Å². The average Bonchev–Trinajstić information content (AvgIpc) is 3.49. The van der Waals surface area contributed by atoms with E-state index in [2.05, 4.69) is 41.1 Å². The maximum Gasteiger partial charge on any atom is 0.411 e. The van der Waals surface area contributed by atoms with Gasteiger partial charge in [-0.3, -0.25) is 10.1 Å². The van der Waals surface area contributed by atoms with Crippen molar-refractivity contribution in [2.75, 3.05) is 24.4 Å². The van der Waals surface area contributed by atoms with Crippen molar-refractivity contribution in [2.45, 2.75) is 12.5 Å². The third-order valence-corrected chi connectivity index (χ3v) is 7.34. The van der Waals surface area contributed by atoms with E-state index in [1.54, 1.807) is 48.5 Å². The molecule has 2 N–H and O–H groups in total. The highest BCUT2D eigenvalue weighted by molar-refractivity contribution is 7.90. The molecule has 2 aromatic carbocycles. The molecule has 0 spiro atoms. The molecule has 0 saturated heterocycles. The molecular weight excluding hydrogens is 607 g/mol. The largest absolute Gasteiger partial charge is 0.453 e. The molecule has 0 aliphatic rings. The lowest BCUT2D eigenvalue weighted by Crippen LogP contribution is -2.29. The average molecular weight is 632 g/mol. The van der Waals surface area contributed by atoms with Gasteiger partial charge in [0.15, 0.2) is 5.15 Å². The summed E-state index contributed by atoms with van der Waals surface area (Å²) in [7, 11) is -2.11. The number of halogens is 2. The van der Waals surface area contributed by atoms with Gasteiger partial charge in [0, 0.05) is 34.2 Å². The van der Waals surface area contributed by atoms with Crippen LogP contribution < -0.4 is 10.6 Å². The summed E-state index contributed by atoms with van der Waals surface area (Å²) >= 11 is 12.5. The van der Waals surface area contributed by atoms with E-state index >= 15 is 0 Å². The standard InChI is InChI=1S/C26H24Cl2N8O5S/c1-41-26(38)30-19-7-3-16(4-8-19)20-14-22(32-33-25(20)28)21(11-12-42(2,39)40)31-24(37)10-5-17-13-18(27)6-9-23(17)36-15-29-34-35-36/h3-10,13-15,21H,11-12H2,1-2H3,(H,30,38)(H,31,37). The van der Waals surface area contributed by atoms with E-state index in [-0.39, 0.29) is 17.3 Å². The van der Waals surface area contributed by atoms with E-state index in [0.29, 0.717) is 38.8 Å². The van der Waals surface area contributed by atoms with Crippen LogP contribution in [0.3, 0.4) is 0 Å². The molecule has 42 heavy (non-hydrogen) atoms. The molecule has 13 nitrogen and oxygen atoms in total. The fourth-order valence-electron chi connectivity index (χ4n) is 3.82. The Hall–Kier alpha value is -4.40. The first kappa shape index (κ1) is 30.6. The minimum atomic E-state index is -3.37. The van der Waals surface area contributed by atoms with Crippen molar-refractivity contribution in [3.8, 4) is 16.8 Å². The van der Waals surface area contributed by atoms with E-state index < -0.39 is 27.9 Å². The summed E-state index contributed by atoms with van der Waals surface area (Å²) in [6.07, 6.45) is 4.74. The van der Waals surface area contributed by atoms with Gasteiger partial charge >= 0.3 is 6.09 Å². The van der Waals surface area contributed by atoms with Crippen LogP contribution in [0, 0.1) is 0 Å². The molecule has 16 heteroatoms. The second-order valence-electron chi connectivity index (χ2n) is 8.94. The van der Waals surface area contributed by atoms with E-state index in [9.17, 15) is 18.0 Å². The van der Waals surface area contributed by atoms with E-state index in [1.807, 2.05) is 0 Å². The number of rotatable bonds is 10. The van der Waals surface area contributed by atoms with Crippen molar-refractivity contribution >= 4 is 56.8 Å². The third-order valence-electron chi connectivity index (χ3n) is 5.85. The normalized spacial score (nSPS) is 12.2. The maximum atomic E-state index is 13.0. The zero-order valence-electron chi connectivity index (χ0n) is 22.2.